The van der Waals surface area contributed by atoms with Crippen LogP contribution in [0.1, 0.15) is 0 Å². The quantitative estimate of drug-likeness (QED) is 0.673. The molecule has 13 heavy (non-hydrogen) atoms. The molecule has 1 radical (unpaired) electrons. The van der Waals surface area contributed by atoms with Gasteiger partial charge in [0.15, 0.2) is 17.9 Å². The molecule has 0 N–H and O–H groups in total. The summed E-state index contributed by atoms with van der Waals surface area (Å²) in [5, 5.41) is 0. The fraction of sp³-hybridized carbons (Fsp3) is 0. The minimum absolute atomic E-state index is 0.00116. The summed E-state index contributed by atoms with van der Waals surface area (Å²) in [6.07, 6.45) is 3.55. The second-order valence-electron chi connectivity index (χ2n) is 2.38. The predicted molar refractivity (Wildman–Crippen MR) is 40.7 cm³/mol. The molecule has 0 bridgehead atoms. The van der Waals surface area contributed by atoms with Crippen LogP contribution in [0.2, 0.25) is 0 Å². The van der Waals surface area contributed by atoms with Crippen LogP contribution in [0.4, 0.5) is 8.78 Å². The Hall–Kier alpha value is -1.71. The van der Waals surface area contributed by atoms with E-state index in [-0.39, 0.29) is 11.5 Å². The first-order chi connectivity index (χ1) is 6.29. The zero-order chi connectivity index (χ0) is 9.26. The maximum absolute atomic E-state index is 13.1. The Morgan fingerprint density at radius 3 is 2.85 bits per heavy atom. The predicted octanol–water partition coefficient (Wildman–Crippen LogP) is 2.42. The highest BCUT2D eigenvalue weighted by Crippen LogP contribution is 2.21. The molecule has 65 valence electrons. The topological polar surface area (TPSA) is 26.0 Å². The van der Waals surface area contributed by atoms with Crippen LogP contribution >= 0.6 is 0 Å². The summed E-state index contributed by atoms with van der Waals surface area (Å²) in [7, 11) is 0. The molecule has 0 atom stereocenters. The van der Waals surface area contributed by atoms with Gasteiger partial charge in [0.25, 0.3) is 0 Å². The van der Waals surface area contributed by atoms with E-state index in [4.69, 9.17) is 4.42 Å². The van der Waals surface area contributed by atoms with E-state index < -0.39 is 11.6 Å². The van der Waals surface area contributed by atoms with Crippen molar-refractivity contribution >= 4 is 0 Å². The highest BCUT2D eigenvalue weighted by molar-refractivity contribution is 5.53. The van der Waals surface area contributed by atoms with Gasteiger partial charge in [-0.25, -0.2) is 13.8 Å². The molecule has 1 aromatic carbocycles. The second-order valence-corrected chi connectivity index (χ2v) is 2.38. The van der Waals surface area contributed by atoms with E-state index in [1.807, 2.05) is 0 Å². The van der Waals surface area contributed by atoms with Gasteiger partial charge in [0.1, 0.15) is 0 Å². The zero-order valence-corrected chi connectivity index (χ0v) is 6.42. The second kappa shape index (κ2) is 2.97. The summed E-state index contributed by atoms with van der Waals surface area (Å²) in [4.78, 5) is 3.66. The Labute approximate surface area is 72.8 Å². The van der Waals surface area contributed by atoms with Crippen molar-refractivity contribution in [3.05, 3.63) is 42.3 Å². The molecule has 0 unspecified atom stereocenters. The number of halogens is 2. The molecule has 0 aliphatic heterocycles. The van der Waals surface area contributed by atoms with Gasteiger partial charge in [-0.3, -0.25) is 0 Å². The van der Waals surface area contributed by atoms with Gasteiger partial charge in [0, 0.05) is 0 Å². The molecule has 0 saturated carbocycles. The Bertz CT molecular complexity index is 412. The fourth-order valence-corrected chi connectivity index (χ4v) is 0.987. The SMILES string of the molecule is Fc1cccc(-c2nc[c]o2)c1F. The molecule has 1 heterocycles. The first kappa shape index (κ1) is 7.91. The standard InChI is InChI=1S/C9H4F2NO/c10-7-3-1-2-6(8(7)11)9-12-4-5-13-9/h1-4H. The van der Waals surface area contributed by atoms with Crippen LogP contribution in [-0.4, -0.2) is 4.98 Å². The number of hydrogen-bond acceptors (Lipinski definition) is 2. The molecule has 2 aromatic rings. The molecule has 0 saturated heterocycles. The fourth-order valence-electron chi connectivity index (χ4n) is 0.987. The molecular formula is C9H4F2NO. The van der Waals surface area contributed by atoms with E-state index in [1.54, 1.807) is 0 Å². The third kappa shape index (κ3) is 1.30. The highest BCUT2D eigenvalue weighted by Gasteiger charge is 2.12. The molecule has 0 aliphatic carbocycles. The van der Waals surface area contributed by atoms with Crippen molar-refractivity contribution in [1.82, 2.24) is 4.98 Å². The summed E-state index contributed by atoms with van der Waals surface area (Å²) >= 11 is 0. The summed E-state index contributed by atoms with van der Waals surface area (Å²) in [5.74, 6) is -1.86. The number of rotatable bonds is 1. The first-order valence-electron chi connectivity index (χ1n) is 3.55. The normalized spacial score (nSPS) is 10.3. The monoisotopic (exact) mass is 180 g/mol. The molecule has 4 heteroatoms. The number of benzene rings is 1. The zero-order valence-electron chi connectivity index (χ0n) is 6.42. The van der Waals surface area contributed by atoms with Gasteiger partial charge in [-0.2, -0.15) is 0 Å². The summed E-state index contributed by atoms with van der Waals surface area (Å²) < 4.78 is 30.5. The molecular weight excluding hydrogens is 176 g/mol. The van der Waals surface area contributed by atoms with Crippen molar-refractivity contribution in [3.63, 3.8) is 0 Å². The van der Waals surface area contributed by atoms with Gasteiger partial charge >= 0.3 is 0 Å². The molecule has 2 rings (SSSR count). The molecule has 0 amide bonds. The van der Waals surface area contributed by atoms with Crippen LogP contribution in [0, 0.1) is 17.9 Å². The van der Waals surface area contributed by atoms with Crippen LogP contribution in [0.3, 0.4) is 0 Å². The van der Waals surface area contributed by atoms with E-state index in [0.717, 1.165) is 6.07 Å². The number of aromatic nitrogens is 1. The Kier molecular flexibility index (Phi) is 1.81. The third-order valence-corrected chi connectivity index (χ3v) is 1.57. The average Bonchev–Trinajstić information content (AvgIpc) is 2.62. The summed E-state index contributed by atoms with van der Waals surface area (Å²) in [6.45, 7) is 0. The number of nitrogens with zero attached hydrogens (tertiary/aromatic N) is 1. The van der Waals surface area contributed by atoms with Gasteiger partial charge < -0.3 is 4.42 Å². The van der Waals surface area contributed by atoms with Crippen molar-refractivity contribution in [2.45, 2.75) is 0 Å². The Morgan fingerprint density at radius 1 is 1.31 bits per heavy atom. The number of hydrogen-bond donors (Lipinski definition) is 0. The highest BCUT2D eigenvalue weighted by atomic mass is 19.2. The van der Waals surface area contributed by atoms with Crippen LogP contribution in [0.5, 0.6) is 0 Å². The van der Waals surface area contributed by atoms with Crippen molar-refractivity contribution in [2.75, 3.05) is 0 Å². The smallest absolute Gasteiger partial charge is 0.229 e. The summed E-state index contributed by atoms with van der Waals surface area (Å²) in [5.41, 5.74) is 0.00116. The minimum Gasteiger partial charge on any atom is -0.433 e. The molecule has 0 aliphatic rings. The number of oxazole rings is 1. The van der Waals surface area contributed by atoms with Crippen LogP contribution < -0.4 is 0 Å². The molecule has 1 aromatic heterocycles. The van der Waals surface area contributed by atoms with E-state index in [0.29, 0.717) is 0 Å². The maximum atomic E-state index is 13.1. The van der Waals surface area contributed by atoms with Crippen LogP contribution in [0.25, 0.3) is 11.5 Å². The maximum Gasteiger partial charge on any atom is 0.229 e. The lowest BCUT2D eigenvalue weighted by atomic mass is 10.2. The van der Waals surface area contributed by atoms with Crippen molar-refractivity contribution < 1.29 is 13.2 Å². The first-order valence-corrected chi connectivity index (χ1v) is 3.55. The Balaban J connectivity index is 2.59. The van der Waals surface area contributed by atoms with Crippen LogP contribution in [-0.2, 0) is 0 Å². The van der Waals surface area contributed by atoms with Crippen molar-refractivity contribution in [1.29, 1.82) is 0 Å². The van der Waals surface area contributed by atoms with Gasteiger partial charge in [0.2, 0.25) is 5.89 Å². The Morgan fingerprint density at radius 2 is 2.15 bits per heavy atom. The minimum atomic E-state index is -0.960. The van der Waals surface area contributed by atoms with E-state index >= 15 is 0 Å². The lowest BCUT2D eigenvalue weighted by Gasteiger charge is -1.97. The average molecular weight is 180 g/mol. The van der Waals surface area contributed by atoms with Crippen molar-refractivity contribution in [3.8, 4) is 11.5 Å². The van der Waals surface area contributed by atoms with Crippen molar-refractivity contribution in [2.24, 2.45) is 0 Å². The van der Waals surface area contributed by atoms with Crippen LogP contribution in [0.15, 0.2) is 28.8 Å². The summed E-state index contributed by atoms with van der Waals surface area (Å²) in [6, 6.07) is 3.81. The van der Waals surface area contributed by atoms with E-state index in [1.165, 1.54) is 18.3 Å². The van der Waals surface area contributed by atoms with Gasteiger partial charge in [0.05, 0.1) is 11.8 Å². The molecule has 0 spiro atoms. The third-order valence-electron chi connectivity index (χ3n) is 1.57. The van der Waals surface area contributed by atoms with Gasteiger partial charge in [-0.05, 0) is 12.1 Å². The largest absolute Gasteiger partial charge is 0.433 e. The molecule has 2 nitrogen and oxygen atoms in total. The van der Waals surface area contributed by atoms with E-state index in [9.17, 15) is 8.78 Å². The lowest BCUT2D eigenvalue weighted by molar-refractivity contribution is 0.501. The van der Waals surface area contributed by atoms with Gasteiger partial charge in [-0.15, -0.1) is 0 Å². The van der Waals surface area contributed by atoms with E-state index in [2.05, 4.69) is 11.2 Å². The van der Waals surface area contributed by atoms with Gasteiger partial charge in [-0.1, -0.05) is 6.07 Å². The molecule has 0 fully saturated rings. The lowest BCUT2D eigenvalue weighted by Crippen LogP contribution is -1.88.